The van der Waals surface area contributed by atoms with Gasteiger partial charge in [-0.1, -0.05) is 33.8 Å². The molecule has 0 bridgehead atoms. The first-order valence-corrected chi connectivity index (χ1v) is 6.88. The molecule has 0 atom stereocenters. The van der Waals surface area contributed by atoms with Crippen LogP contribution in [0.1, 0.15) is 33.4 Å². The van der Waals surface area contributed by atoms with Crippen LogP contribution in [0.15, 0.2) is 24.4 Å². The highest BCUT2D eigenvalue weighted by Crippen LogP contribution is 1.99. The molecule has 0 aromatic carbocycles. The van der Waals surface area contributed by atoms with Crippen LogP contribution in [-0.2, 0) is 11.3 Å². The van der Waals surface area contributed by atoms with E-state index in [0.29, 0.717) is 13.1 Å². The van der Waals surface area contributed by atoms with Crippen molar-refractivity contribution in [1.82, 2.24) is 14.8 Å². The van der Waals surface area contributed by atoms with Crippen molar-refractivity contribution in [1.29, 1.82) is 0 Å². The Hall–Kier alpha value is -1.42. The molecule has 0 saturated carbocycles. The van der Waals surface area contributed by atoms with Crippen molar-refractivity contribution in [2.45, 2.75) is 34.2 Å². The Morgan fingerprint density at radius 1 is 1.11 bits per heavy atom. The number of aromatic nitrogens is 1. The van der Waals surface area contributed by atoms with E-state index in [2.05, 4.69) is 4.98 Å². The number of nitrogens with zero attached hydrogens (tertiary/aromatic N) is 3. The summed E-state index contributed by atoms with van der Waals surface area (Å²) in [6, 6.07) is 5.71. The van der Waals surface area contributed by atoms with Gasteiger partial charge in [0.05, 0.1) is 18.8 Å². The number of carbonyl (C=O) groups excluding carboxylic acids is 1. The van der Waals surface area contributed by atoms with Gasteiger partial charge in [-0.05, 0) is 26.2 Å². The van der Waals surface area contributed by atoms with Crippen LogP contribution in [0.5, 0.6) is 0 Å². The molecular weight excluding hydrogens is 238 g/mol. The fourth-order valence-electron chi connectivity index (χ4n) is 1.21. The number of likely N-dealkylation sites (N-methyl/N-ethyl adjacent to an activating group) is 2. The second-order valence-electron chi connectivity index (χ2n) is 3.81. The second-order valence-corrected chi connectivity index (χ2v) is 3.81. The summed E-state index contributed by atoms with van der Waals surface area (Å²) in [5, 5.41) is 0. The van der Waals surface area contributed by atoms with Gasteiger partial charge in [-0.3, -0.25) is 9.78 Å². The van der Waals surface area contributed by atoms with Gasteiger partial charge < -0.3 is 9.80 Å². The molecule has 1 aromatic rings. The number of pyridine rings is 1. The maximum atomic E-state index is 11.6. The summed E-state index contributed by atoms with van der Waals surface area (Å²) < 4.78 is 0. The molecule has 4 heteroatoms. The first kappa shape index (κ1) is 19.9. The fraction of sp³-hybridized carbons (Fsp3) is 0.600. The third kappa shape index (κ3) is 10.2. The lowest BCUT2D eigenvalue weighted by molar-refractivity contribution is -0.131. The first-order valence-electron chi connectivity index (χ1n) is 6.88. The lowest BCUT2D eigenvalue weighted by Gasteiger charge is -2.18. The molecule has 0 saturated heterocycles. The van der Waals surface area contributed by atoms with Crippen molar-refractivity contribution in [3.63, 3.8) is 0 Å². The standard InChI is InChI=1S/C11H17N3O.2C2H6/c1-13(2)9-11(15)14(3)8-10-6-4-5-7-12-10;2*1-2/h4-7H,8-9H2,1-3H3;2*1-2H3. The minimum Gasteiger partial charge on any atom is -0.339 e. The van der Waals surface area contributed by atoms with Crippen molar-refractivity contribution < 1.29 is 4.79 Å². The third-order valence-electron chi connectivity index (χ3n) is 2.00. The quantitative estimate of drug-likeness (QED) is 0.841. The van der Waals surface area contributed by atoms with Crippen LogP contribution in [0.3, 0.4) is 0 Å². The predicted molar refractivity (Wildman–Crippen MR) is 82.0 cm³/mol. The summed E-state index contributed by atoms with van der Waals surface area (Å²) >= 11 is 0. The molecule has 110 valence electrons. The molecule has 0 fully saturated rings. The van der Waals surface area contributed by atoms with Gasteiger partial charge in [0.2, 0.25) is 5.91 Å². The molecule has 0 aliphatic carbocycles. The molecule has 0 radical (unpaired) electrons. The average Bonchev–Trinajstić information content (AvgIpc) is 2.43. The molecule has 0 spiro atoms. The normalized spacial score (nSPS) is 8.84. The summed E-state index contributed by atoms with van der Waals surface area (Å²) in [5.41, 5.74) is 0.909. The Morgan fingerprint density at radius 2 is 1.68 bits per heavy atom. The second kappa shape index (κ2) is 13.0. The van der Waals surface area contributed by atoms with E-state index in [0.717, 1.165) is 5.69 Å². The van der Waals surface area contributed by atoms with E-state index in [1.165, 1.54) is 0 Å². The van der Waals surface area contributed by atoms with Gasteiger partial charge in [0.1, 0.15) is 0 Å². The molecule has 0 N–H and O–H groups in total. The van der Waals surface area contributed by atoms with E-state index in [-0.39, 0.29) is 5.91 Å². The van der Waals surface area contributed by atoms with Crippen LogP contribution in [0.2, 0.25) is 0 Å². The summed E-state index contributed by atoms with van der Waals surface area (Å²) in [6.07, 6.45) is 1.74. The van der Waals surface area contributed by atoms with Crippen molar-refractivity contribution in [2.75, 3.05) is 27.7 Å². The molecule has 1 aromatic heterocycles. The van der Waals surface area contributed by atoms with Gasteiger partial charge in [0, 0.05) is 13.2 Å². The zero-order valence-corrected chi connectivity index (χ0v) is 13.5. The minimum absolute atomic E-state index is 0.102. The number of hydrogen-bond acceptors (Lipinski definition) is 3. The lowest BCUT2D eigenvalue weighted by Crippen LogP contribution is -2.34. The smallest absolute Gasteiger partial charge is 0.236 e. The largest absolute Gasteiger partial charge is 0.339 e. The Balaban J connectivity index is 0. The van der Waals surface area contributed by atoms with Gasteiger partial charge in [-0.2, -0.15) is 0 Å². The van der Waals surface area contributed by atoms with Crippen molar-refractivity contribution in [3.05, 3.63) is 30.1 Å². The first-order chi connectivity index (χ1) is 9.09. The summed E-state index contributed by atoms with van der Waals surface area (Å²) in [7, 11) is 5.56. The number of carbonyl (C=O) groups is 1. The molecule has 1 rings (SSSR count). The Labute approximate surface area is 118 Å². The van der Waals surface area contributed by atoms with Crippen LogP contribution in [0.25, 0.3) is 0 Å². The van der Waals surface area contributed by atoms with Crippen LogP contribution in [0, 0.1) is 0 Å². The van der Waals surface area contributed by atoms with E-state index in [9.17, 15) is 4.79 Å². The van der Waals surface area contributed by atoms with Gasteiger partial charge >= 0.3 is 0 Å². The van der Waals surface area contributed by atoms with E-state index < -0.39 is 0 Å². The zero-order valence-electron chi connectivity index (χ0n) is 13.5. The summed E-state index contributed by atoms with van der Waals surface area (Å²) in [6.45, 7) is 9.00. The number of rotatable bonds is 4. The molecule has 1 heterocycles. The maximum absolute atomic E-state index is 11.6. The van der Waals surface area contributed by atoms with E-state index >= 15 is 0 Å². The van der Waals surface area contributed by atoms with Crippen LogP contribution < -0.4 is 0 Å². The highest BCUT2D eigenvalue weighted by atomic mass is 16.2. The Bertz CT molecular complexity index is 312. The molecule has 1 amide bonds. The zero-order chi connectivity index (χ0) is 15.3. The van der Waals surface area contributed by atoms with Gasteiger partial charge in [-0.15, -0.1) is 0 Å². The minimum atomic E-state index is 0.102. The predicted octanol–water partition coefficient (Wildman–Crippen LogP) is 2.65. The van der Waals surface area contributed by atoms with Crippen molar-refractivity contribution in [3.8, 4) is 0 Å². The van der Waals surface area contributed by atoms with Gasteiger partial charge in [0.15, 0.2) is 0 Å². The van der Waals surface area contributed by atoms with Gasteiger partial charge in [-0.25, -0.2) is 0 Å². The van der Waals surface area contributed by atoms with Crippen LogP contribution >= 0.6 is 0 Å². The third-order valence-corrected chi connectivity index (χ3v) is 2.00. The SMILES string of the molecule is CC.CC.CN(C)CC(=O)N(C)Cc1ccccn1. The Kier molecular flexibility index (Phi) is 13.6. The molecular formula is C15H29N3O. The highest BCUT2D eigenvalue weighted by Gasteiger charge is 2.09. The van der Waals surface area contributed by atoms with Crippen molar-refractivity contribution >= 4 is 5.91 Å². The Morgan fingerprint density at radius 3 is 2.11 bits per heavy atom. The van der Waals surface area contributed by atoms with E-state index in [1.54, 1.807) is 18.1 Å². The van der Waals surface area contributed by atoms with Gasteiger partial charge in [0.25, 0.3) is 0 Å². The molecule has 0 aliphatic rings. The highest BCUT2D eigenvalue weighted by molar-refractivity contribution is 5.77. The van der Waals surface area contributed by atoms with Crippen molar-refractivity contribution in [2.24, 2.45) is 0 Å². The van der Waals surface area contributed by atoms with E-state index in [4.69, 9.17) is 0 Å². The molecule has 0 aliphatic heterocycles. The van der Waals surface area contributed by atoms with Crippen LogP contribution in [-0.4, -0.2) is 48.4 Å². The number of hydrogen-bond donors (Lipinski definition) is 0. The molecule has 19 heavy (non-hydrogen) atoms. The van der Waals surface area contributed by atoms with Crippen LogP contribution in [0.4, 0.5) is 0 Å². The average molecular weight is 267 g/mol. The summed E-state index contributed by atoms with van der Waals surface area (Å²) in [4.78, 5) is 19.3. The van der Waals surface area contributed by atoms with E-state index in [1.807, 2.05) is 64.9 Å². The lowest BCUT2D eigenvalue weighted by atomic mass is 10.3. The fourth-order valence-corrected chi connectivity index (χ4v) is 1.21. The molecule has 4 nitrogen and oxygen atoms in total. The topological polar surface area (TPSA) is 36.4 Å². The summed E-state index contributed by atoms with van der Waals surface area (Å²) in [5.74, 6) is 0.102. The monoisotopic (exact) mass is 267 g/mol. The maximum Gasteiger partial charge on any atom is 0.236 e. The molecule has 0 unspecified atom stereocenters. The number of amides is 1.